The van der Waals surface area contributed by atoms with Gasteiger partial charge in [-0.05, 0) is 28.5 Å². The van der Waals surface area contributed by atoms with Crippen LogP contribution in [0.3, 0.4) is 0 Å². The molecule has 0 aliphatic rings. The average Bonchev–Trinajstić information content (AvgIpc) is 3.31. The van der Waals surface area contributed by atoms with Gasteiger partial charge in [-0.2, -0.15) is 4.68 Å². The van der Waals surface area contributed by atoms with E-state index >= 15 is 0 Å². The van der Waals surface area contributed by atoms with Crippen molar-refractivity contribution in [2.45, 2.75) is 6.54 Å². The molecule has 27 heavy (non-hydrogen) atoms. The zero-order chi connectivity index (χ0) is 19.4. The Kier molecular flexibility index (Phi) is 4.94. The highest BCUT2D eigenvalue weighted by Gasteiger charge is 2.16. The summed E-state index contributed by atoms with van der Waals surface area (Å²) in [6.07, 6.45) is 1.28. The lowest BCUT2D eigenvalue weighted by Gasteiger charge is -2.09. The summed E-state index contributed by atoms with van der Waals surface area (Å²) >= 11 is 0. The second-order valence-corrected chi connectivity index (χ2v) is 5.16. The van der Waals surface area contributed by atoms with Crippen molar-refractivity contribution < 1.29 is 24.1 Å². The van der Waals surface area contributed by atoms with Crippen LogP contribution in [-0.4, -0.2) is 49.4 Å². The highest BCUT2D eigenvalue weighted by Crippen LogP contribution is 2.18. The number of nitrogens with two attached hydrogens (primary N) is 1. The summed E-state index contributed by atoms with van der Waals surface area (Å²) in [5.74, 6) is -1.10. The van der Waals surface area contributed by atoms with Crippen molar-refractivity contribution in [1.82, 2.24) is 36.2 Å². The zero-order valence-electron chi connectivity index (χ0n) is 13.9. The third-order valence-corrected chi connectivity index (χ3v) is 3.42. The predicted octanol–water partition coefficient (Wildman–Crippen LogP) is -0.841. The van der Waals surface area contributed by atoms with Crippen LogP contribution in [0, 0.1) is 0 Å². The lowest BCUT2D eigenvalue weighted by Crippen LogP contribution is -2.37. The van der Waals surface area contributed by atoms with Gasteiger partial charge in [0.1, 0.15) is 5.75 Å². The van der Waals surface area contributed by atoms with Gasteiger partial charge < -0.3 is 15.6 Å². The van der Waals surface area contributed by atoms with E-state index in [1.807, 2.05) is 0 Å². The Hall–Kier alpha value is -4.00. The number of aromatic hydroxyl groups is 1. The minimum Gasteiger partial charge on any atom is -0.508 e. The molecule has 1 amide bonds. The van der Waals surface area contributed by atoms with Gasteiger partial charge in [0.2, 0.25) is 11.6 Å². The summed E-state index contributed by atoms with van der Waals surface area (Å²) < 4.78 is 10.2. The Balaban J connectivity index is 1.61. The van der Waals surface area contributed by atoms with Gasteiger partial charge in [0.05, 0.1) is 18.9 Å². The maximum absolute atomic E-state index is 12.1. The number of nitrogen functional groups attached to an aromatic ring is 1. The van der Waals surface area contributed by atoms with Crippen LogP contribution in [0.15, 0.2) is 29.0 Å². The second kappa shape index (κ2) is 7.49. The van der Waals surface area contributed by atoms with Crippen LogP contribution >= 0.6 is 0 Å². The zero-order valence-corrected chi connectivity index (χ0v) is 13.9. The van der Waals surface area contributed by atoms with E-state index in [0.717, 1.165) is 4.68 Å². The molecular weight excluding hydrogens is 360 g/mol. The summed E-state index contributed by atoms with van der Waals surface area (Å²) in [4.78, 5) is 23.6. The lowest BCUT2D eigenvalue weighted by molar-refractivity contribution is 0.0600. The van der Waals surface area contributed by atoms with E-state index in [9.17, 15) is 14.7 Å². The Morgan fingerprint density at radius 3 is 2.89 bits per heavy atom. The van der Waals surface area contributed by atoms with E-state index in [1.165, 1.54) is 31.5 Å². The molecule has 1 aromatic carbocycles. The van der Waals surface area contributed by atoms with Crippen molar-refractivity contribution >= 4 is 17.7 Å². The molecule has 2 aromatic heterocycles. The van der Waals surface area contributed by atoms with E-state index in [1.54, 1.807) is 0 Å². The van der Waals surface area contributed by atoms with Crippen LogP contribution in [0.5, 0.6) is 5.75 Å². The van der Waals surface area contributed by atoms with Gasteiger partial charge in [-0.15, -0.1) is 5.10 Å². The first-order chi connectivity index (χ1) is 13.0. The second-order valence-electron chi connectivity index (χ2n) is 5.16. The van der Waals surface area contributed by atoms with Crippen molar-refractivity contribution in [2.75, 3.05) is 12.8 Å². The fraction of sp³-hybridized carbons (Fsp3) is 0.143. The summed E-state index contributed by atoms with van der Waals surface area (Å²) in [6.45, 7) is 0.0384. The van der Waals surface area contributed by atoms with E-state index < -0.39 is 11.9 Å². The number of nitrogens with zero attached hydrogens (tertiary/aromatic N) is 5. The van der Waals surface area contributed by atoms with E-state index in [4.69, 9.17) is 5.73 Å². The number of phenolic OH excluding ortho intramolecular Hbond substituents is 1. The molecule has 0 aliphatic carbocycles. The molecule has 0 radical (unpaired) electrons. The maximum atomic E-state index is 12.1. The molecule has 0 atom stereocenters. The number of carbonyl (C=O) groups is 2. The van der Waals surface area contributed by atoms with Gasteiger partial charge in [-0.1, -0.05) is 5.21 Å². The van der Waals surface area contributed by atoms with E-state index in [2.05, 4.69) is 40.8 Å². The van der Waals surface area contributed by atoms with Crippen LogP contribution in [0.4, 0.5) is 5.82 Å². The van der Waals surface area contributed by atoms with Gasteiger partial charge in [-0.3, -0.25) is 10.2 Å². The number of amides is 1. The molecule has 13 heteroatoms. The van der Waals surface area contributed by atoms with Gasteiger partial charge in [0.15, 0.2) is 5.69 Å². The average molecular weight is 374 g/mol. The van der Waals surface area contributed by atoms with Crippen molar-refractivity contribution in [1.29, 1.82) is 0 Å². The van der Waals surface area contributed by atoms with E-state index in [0.29, 0.717) is 5.56 Å². The third-order valence-electron chi connectivity index (χ3n) is 3.42. The molecule has 3 rings (SSSR count). The van der Waals surface area contributed by atoms with Crippen LogP contribution in [-0.2, 0) is 11.3 Å². The fourth-order valence-corrected chi connectivity index (χ4v) is 2.08. The monoisotopic (exact) mass is 374 g/mol. The lowest BCUT2D eigenvalue weighted by atomic mass is 10.1. The Bertz CT molecular complexity index is 982. The first kappa shape index (κ1) is 17.8. The smallest absolute Gasteiger partial charge is 0.337 e. The SMILES string of the molecule is COC(=O)c1ccc(O)c(CNNC(=O)c2cn(-c3nonc3N)nn2)c1. The highest BCUT2D eigenvalue weighted by molar-refractivity contribution is 5.91. The van der Waals surface area contributed by atoms with Gasteiger partial charge in [-0.25, -0.2) is 14.8 Å². The van der Waals surface area contributed by atoms with Crippen molar-refractivity contribution in [2.24, 2.45) is 0 Å². The van der Waals surface area contributed by atoms with Crippen molar-refractivity contribution in [3.05, 3.63) is 41.2 Å². The standard InChI is InChI=1S/C14H14N8O5/c1-26-14(25)7-2-3-10(23)8(4-7)5-16-18-13(24)9-6-22(21-17-9)12-11(15)19-27-20-12/h2-4,6,16,23H,5H2,1H3,(H2,15,19)(H,18,24). The number of hydrogen-bond donors (Lipinski definition) is 4. The van der Waals surface area contributed by atoms with Crippen LogP contribution in [0.2, 0.25) is 0 Å². The van der Waals surface area contributed by atoms with Gasteiger partial charge in [0, 0.05) is 12.1 Å². The molecule has 2 heterocycles. The molecule has 3 aromatic rings. The normalized spacial score (nSPS) is 10.6. The predicted molar refractivity (Wildman–Crippen MR) is 87.4 cm³/mol. The number of esters is 1. The quantitative estimate of drug-likeness (QED) is 0.311. The molecule has 0 saturated carbocycles. The fourth-order valence-electron chi connectivity index (χ4n) is 2.08. The van der Waals surface area contributed by atoms with Crippen LogP contribution < -0.4 is 16.6 Å². The van der Waals surface area contributed by atoms with Crippen LogP contribution in [0.1, 0.15) is 26.4 Å². The van der Waals surface area contributed by atoms with Crippen molar-refractivity contribution in [3.8, 4) is 11.6 Å². The number of ether oxygens (including phenoxy) is 1. The summed E-state index contributed by atoms with van der Waals surface area (Å²) in [5, 5.41) is 24.2. The number of anilines is 1. The van der Waals surface area contributed by atoms with E-state index in [-0.39, 0.29) is 35.2 Å². The first-order valence-corrected chi connectivity index (χ1v) is 7.43. The number of hydrazine groups is 1. The Morgan fingerprint density at radius 2 is 2.19 bits per heavy atom. The molecule has 13 nitrogen and oxygen atoms in total. The molecule has 0 unspecified atom stereocenters. The number of benzene rings is 1. The number of methoxy groups -OCH3 is 1. The third kappa shape index (κ3) is 3.82. The Morgan fingerprint density at radius 1 is 1.37 bits per heavy atom. The summed E-state index contributed by atoms with van der Waals surface area (Å²) in [6, 6.07) is 4.22. The molecule has 0 aliphatic heterocycles. The number of carbonyl (C=O) groups excluding carboxylic acids is 2. The number of rotatable bonds is 6. The van der Waals surface area contributed by atoms with Crippen LogP contribution in [0.25, 0.3) is 5.82 Å². The first-order valence-electron chi connectivity index (χ1n) is 7.43. The summed E-state index contributed by atoms with van der Waals surface area (Å²) in [5.41, 5.74) is 11.2. The molecule has 0 bridgehead atoms. The minimum absolute atomic E-state index is 0.00838. The molecule has 5 N–H and O–H groups in total. The number of aromatic nitrogens is 5. The highest BCUT2D eigenvalue weighted by atomic mass is 16.6. The molecule has 140 valence electrons. The number of phenols is 1. The summed E-state index contributed by atoms with van der Waals surface area (Å²) in [7, 11) is 1.25. The van der Waals surface area contributed by atoms with Gasteiger partial charge >= 0.3 is 5.97 Å². The topological polar surface area (TPSA) is 183 Å². The maximum Gasteiger partial charge on any atom is 0.337 e. The van der Waals surface area contributed by atoms with Gasteiger partial charge in [0.25, 0.3) is 5.91 Å². The molecule has 0 saturated heterocycles. The molecule has 0 fully saturated rings. The Labute approximate surface area is 151 Å². The molecule has 0 spiro atoms. The number of nitrogens with one attached hydrogen (secondary N) is 2. The largest absolute Gasteiger partial charge is 0.508 e. The number of hydrogen-bond acceptors (Lipinski definition) is 11. The molecular formula is C14H14N8O5. The van der Waals surface area contributed by atoms with Crippen molar-refractivity contribution in [3.63, 3.8) is 0 Å². The minimum atomic E-state index is -0.597.